The summed E-state index contributed by atoms with van der Waals surface area (Å²) in [4.78, 5) is 17.2. The van der Waals surface area contributed by atoms with Crippen molar-refractivity contribution in [3.05, 3.63) is 52.0 Å². The third kappa shape index (κ3) is 3.22. The van der Waals surface area contributed by atoms with Crippen LogP contribution in [0, 0.1) is 11.3 Å². The third-order valence-electron chi connectivity index (χ3n) is 3.00. The SMILES string of the molecule is CC(C)(CNC(=O)c1ccc(C#N)cn1)c1cccs1. The van der Waals surface area contributed by atoms with Crippen LogP contribution < -0.4 is 5.32 Å². The quantitative estimate of drug-likeness (QED) is 0.939. The minimum absolute atomic E-state index is 0.115. The molecule has 5 heteroatoms. The molecule has 2 aromatic heterocycles. The van der Waals surface area contributed by atoms with Gasteiger partial charge in [-0.3, -0.25) is 4.79 Å². The topological polar surface area (TPSA) is 65.8 Å². The lowest BCUT2D eigenvalue weighted by molar-refractivity contribution is 0.0941. The van der Waals surface area contributed by atoms with E-state index in [1.165, 1.54) is 11.1 Å². The predicted molar refractivity (Wildman–Crippen MR) is 78.6 cm³/mol. The minimum atomic E-state index is -0.223. The van der Waals surface area contributed by atoms with E-state index in [1.807, 2.05) is 17.5 Å². The number of hydrogen-bond acceptors (Lipinski definition) is 4. The Hall–Kier alpha value is -2.19. The average molecular weight is 285 g/mol. The van der Waals surface area contributed by atoms with Gasteiger partial charge in [-0.15, -0.1) is 11.3 Å². The Morgan fingerprint density at radius 3 is 2.80 bits per heavy atom. The molecule has 0 saturated carbocycles. The second kappa shape index (κ2) is 5.85. The predicted octanol–water partition coefficient (Wildman–Crippen LogP) is 2.72. The van der Waals surface area contributed by atoms with Crippen LogP contribution in [0.2, 0.25) is 0 Å². The number of nitrogens with one attached hydrogen (secondary N) is 1. The van der Waals surface area contributed by atoms with Gasteiger partial charge in [0.15, 0.2) is 0 Å². The number of carbonyl (C=O) groups excluding carboxylic acids is 1. The first-order chi connectivity index (χ1) is 9.53. The molecule has 1 N–H and O–H groups in total. The number of rotatable bonds is 4. The van der Waals surface area contributed by atoms with Crippen molar-refractivity contribution < 1.29 is 4.79 Å². The van der Waals surface area contributed by atoms with E-state index in [2.05, 4.69) is 30.2 Å². The summed E-state index contributed by atoms with van der Waals surface area (Å²) in [5, 5.41) is 13.6. The molecule has 2 heterocycles. The van der Waals surface area contributed by atoms with Gasteiger partial charge in [0.25, 0.3) is 5.91 Å². The molecule has 2 aromatic rings. The van der Waals surface area contributed by atoms with Gasteiger partial charge in [-0.05, 0) is 23.6 Å². The summed E-state index contributed by atoms with van der Waals surface area (Å²) in [5.41, 5.74) is 0.655. The maximum Gasteiger partial charge on any atom is 0.269 e. The largest absolute Gasteiger partial charge is 0.350 e. The standard InChI is InChI=1S/C15H15N3OS/c1-15(2,13-4-3-7-20-13)10-18-14(19)12-6-5-11(8-16)9-17-12/h3-7,9H,10H2,1-2H3,(H,18,19). The molecule has 0 spiro atoms. The van der Waals surface area contributed by atoms with Gasteiger partial charge in [0.1, 0.15) is 11.8 Å². The van der Waals surface area contributed by atoms with Crippen LogP contribution in [0.25, 0.3) is 0 Å². The van der Waals surface area contributed by atoms with Crippen LogP contribution in [0.5, 0.6) is 0 Å². The Kier molecular flexibility index (Phi) is 4.16. The molecule has 0 saturated heterocycles. The summed E-state index contributed by atoms with van der Waals surface area (Å²) in [6.45, 7) is 4.71. The van der Waals surface area contributed by atoms with Crippen molar-refractivity contribution in [2.45, 2.75) is 19.3 Å². The zero-order valence-corrected chi connectivity index (χ0v) is 12.2. The zero-order chi connectivity index (χ0) is 14.6. The van der Waals surface area contributed by atoms with Gasteiger partial charge in [0.2, 0.25) is 0 Å². The van der Waals surface area contributed by atoms with Gasteiger partial charge in [-0.1, -0.05) is 19.9 Å². The van der Waals surface area contributed by atoms with E-state index >= 15 is 0 Å². The maximum absolute atomic E-state index is 12.0. The number of amides is 1. The highest BCUT2D eigenvalue weighted by molar-refractivity contribution is 7.10. The molecule has 0 unspecified atom stereocenters. The number of pyridine rings is 1. The summed E-state index contributed by atoms with van der Waals surface area (Å²) in [6.07, 6.45) is 1.40. The van der Waals surface area contributed by atoms with Gasteiger partial charge in [0, 0.05) is 23.0 Å². The molecule has 1 amide bonds. The van der Waals surface area contributed by atoms with Crippen molar-refractivity contribution in [3.8, 4) is 6.07 Å². The second-order valence-electron chi connectivity index (χ2n) is 5.09. The Morgan fingerprint density at radius 1 is 1.45 bits per heavy atom. The molecule has 0 bridgehead atoms. The van der Waals surface area contributed by atoms with Crippen molar-refractivity contribution in [1.29, 1.82) is 5.26 Å². The molecule has 20 heavy (non-hydrogen) atoms. The first-order valence-electron chi connectivity index (χ1n) is 6.21. The average Bonchev–Trinajstić information content (AvgIpc) is 3.00. The minimum Gasteiger partial charge on any atom is -0.350 e. The monoisotopic (exact) mass is 285 g/mol. The second-order valence-corrected chi connectivity index (χ2v) is 6.04. The third-order valence-corrected chi connectivity index (χ3v) is 4.24. The molecule has 0 aromatic carbocycles. The van der Waals surface area contributed by atoms with E-state index in [0.29, 0.717) is 17.8 Å². The zero-order valence-electron chi connectivity index (χ0n) is 11.4. The first kappa shape index (κ1) is 14.2. The number of nitrogens with zero attached hydrogens (tertiary/aromatic N) is 2. The van der Waals surface area contributed by atoms with Crippen molar-refractivity contribution in [2.24, 2.45) is 0 Å². The molecule has 0 aliphatic heterocycles. The molecule has 0 aliphatic rings. The molecule has 0 aliphatic carbocycles. The number of hydrogen-bond donors (Lipinski definition) is 1. The van der Waals surface area contributed by atoms with Crippen LogP contribution >= 0.6 is 11.3 Å². The van der Waals surface area contributed by atoms with Gasteiger partial charge in [-0.2, -0.15) is 5.26 Å². The van der Waals surface area contributed by atoms with Crippen LogP contribution in [-0.4, -0.2) is 17.4 Å². The van der Waals surface area contributed by atoms with Crippen LogP contribution in [0.3, 0.4) is 0 Å². The van der Waals surface area contributed by atoms with E-state index in [1.54, 1.807) is 23.5 Å². The molecular formula is C15H15N3OS. The van der Waals surface area contributed by atoms with Crippen molar-refractivity contribution >= 4 is 17.2 Å². The Bertz CT molecular complexity index is 624. The summed E-state index contributed by atoms with van der Waals surface area (Å²) in [6, 6.07) is 9.20. The van der Waals surface area contributed by atoms with Crippen molar-refractivity contribution in [1.82, 2.24) is 10.3 Å². The number of aromatic nitrogens is 1. The van der Waals surface area contributed by atoms with E-state index in [9.17, 15) is 4.79 Å². The highest BCUT2D eigenvalue weighted by atomic mass is 32.1. The van der Waals surface area contributed by atoms with Gasteiger partial charge in [-0.25, -0.2) is 4.98 Å². The highest BCUT2D eigenvalue weighted by Crippen LogP contribution is 2.26. The van der Waals surface area contributed by atoms with E-state index in [4.69, 9.17) is 5.26 Å². The van der Waals surface area contributed by atoms with Gasteiger partial charge < -0.3 is 5.32 Å². The van der Waals surface area contributed by atoms with E-state index in [-0.39, 0.29) is 11.3 Å². The molecule has 4 nitrogen and oxygen atoms in total. The fourth-order valence-corrected chi connectivity index (χ4v) is 2.59. The fraction of sp³-hybridized carbons (Fsp3) is 0.267. The Labute approximate surface area is 122 Å². The van der Waals surface area contributed by atoms with Crippen molar-refractivity contribution in [3.63, 3.8) is 0 Å². The number of carbonyl (C=O) groups is 1. The van der Waals surface area contributed by atoms with Crippen LogP contribution in [0.15, 0.2) is 35.8 Å². The van der Waals surface area contributed by atoms with Crippen LogP contribution in [0.4, 0.5) is 0 Å². The Morgan fingerprint density at radius 2 is 2.25 bits per heavy atom. The normalized spacial score (nSPS) is 10.8. The smallest absolute Gasteiger partial charge is 0.269 e. The highest BCUT2D eigenvalue weighted by Gasteiger charge is 2.22. The molecule has 2 rings (SSSR count). The van der Waals surface area contributed by atoms with Crippen LogP contribution in [-0.2, 0) is 5.41 Å². The Balaban J connectivity index is 2.00. The van der Waals surface area contributed by atoms with E-state index in [0.717, 1.165) is 0 Å². The maximum atomic E-state index is 12.0. The molecule has 0 radical (unpaired) electrons. The van der Waals surface area contributed by atoms with Crippen LogP contribution in [0.1, 0.15) is 34.8 Å². The van der Waals surface area contributed by atoms with Gasteiger partial charge >= 0.3 is 0 Å². The summed E-state index contributed by atoms with van der Waals surface area (Å²) >= 11 is 1.68. The lowest BCUT2D eigenvalue weighted by Gasteiger charge is -2.23. The summed E-state index contributed by atoms with van der Waals surface area (Å²) in [7, 11) is 0. The van der Waals surface area contributed by atoms with Gasteiger partial charge in [0.05, 0.1) is 5.56 Å². The first-order valence-corrected chi connectivity index (χ1v) is 7.09. The molecule has 102 valence electrons. The number of thiophene rings is 1. The molecular weight excluding hydrogens is 270 g/mol. The summed E-state index contributed by atoms with van der Waals surface area (Å²) in [5.74, 6) is -0.223. The molecule has 0 fully saturated rings. The number of nitriles is 1. The fourth-order valence-electron chi connectivity index (χ4n) is 1.74. The lowest BCUT2D eigenvalue weighted by atomic mass is 9.91. The molecule has 0 atom stereocenters. The van der Waals surface area contributed by atoms with Crippen molar-refractivity contribution in [2.75, 3.05) is 6.54 Å². The lowest BCUT2D eigenvalue weighted by Crippen LogP contribution is -2.36. The summed E-state index contributed by atoms with van der Waals surface area (Å²) < 4.78 is 0. The van der Waals surface area contributed by atoms with E-state index < -0.39 is 0 Å².